The van der Waals surface area contributed by atoms with Crippen LogP contribution in [0.5, 0.6) is 5.88 Å². The third kappa shape index (κ3) is 4.28. The molecule has 0 spiro atoms. The number of anilines is 3. The highest BCUT2D eigenvalue weighted by atomic mass is 19.4. The summed E-state index contributed by atoms with van der Waals surface area (Å²) in [5, 5.41) is 6.16. The van der Waals surface area contributed by atoms with E-state index in [9.17, 15) is 18.0 Å². The molecule has 2 N–H and O–H groups in total. The number of hydrogen-bond acceptors (Lipinski definition) is 7. The van der Waals surface area contributed by atoms with Gasteiger partial charge in [-0.2, -0.15) is 18.2 Å². The minimum atomic E-state index is -4.51. The van der Waals surface area contributed by atoms with E-state index in [0.29, 0.717) is 36.0 Å². The van der Waals surface area contributed by atoms with Crippen molar-refractivity contribution in [2.75, 3.05) is 22.6 Å². The Hall–Kier alpha value is -3.11. The van der Waals surface area contributed by atoms with E-state index in [0.717, 1.165) is 6.07 Å². The average molecular weight is 450 g/mol. The summed E-state index contributed by atoms with van der Waals surface area (Å²) < 4.78 is 44.0. The van der Waals surface area contributed by atoms with Crippen molar-refractivity contribution in [2.24, 2.45) is 5.92 Å². The number of nitrogens with one attached hydrogen (secondary N) is 2. The van der Waals surface area contributed by atoms with Crippen molar-refractivity contribution < 1.29 is 22.7 Å². The lowest BCUT2D eigenvalue weighted by Crippen LogP contribution is -2.50. The van der Waals surface area contributed by atoms with Crippen molar-refractivity contribution in [1.29, 1.82) is 0 Å². The van der Waals surface area contributed by atoms with Crippen LogP contribution < -0.4 is 20.3 Å². The Morgan fingerprint density at radius 3 is 2.59 bits per heavy atom. The number of nitrogens with zero attached hydrogens (tertiary/aromatic N) is 4. The lowest BCUT2D eigenvalue weighted by molar-refractivity contribution is -0.141. The smallest absolute Gasteiger partial charge is 0.433 e. The summed E-state index contributed by atoms with van der Waals surface area (Å²) in [5.41, 5.74) is 0.281. The van der Waals surface area contributed by atoms with Gasteiger partial charge in [-0.05, 0) is 18.9 Å². The number of ether oxygens (including phenoxy) is 1. The number of aromatic nitrogens is 3. The third-order valence-electron chi connectivity index (χ3n) is 5.70. The fourth-order valence-electron chi connectivity index (χ4n) is 4.05. The molecule has 1 aliphatic carbocycles. The molecule has 1 aliphatic heterocycles. The molecule has 1 atom stereocenters. The first-order valence-electron chi connectivity index (χ1n) is 10.4. The van der Waals surface area contributed by atoms with Crippen LogP contribution in [-0.2, 0) is 11.0 Å². The summed E-state index contributed by atoms with van der Waals surface area (Å²) in [6.07, 6.45) is -3.59. The molecule has 32 heavy (non-hydrogen) atoms. The minimum absolute atomic E-state index is 0.0210. The molecule has 11 heteroatoms. The molecule has 1 amide bonds. The van der Waals surface area contributed by atoms with Crippen molar-refractivity contribution in [1.82, 2.24) is 15.0 Å². The predicted octanol–water partition coefficient (Wildman–Crippen LogP) is 3.63. The van der Waals surface area contributed by atoms with E-state index >= 15 is 0 Å². The molecule has 0 saturated heterocycles. The standard InChI is InChI=1S/C21H25F3N6O2/c1-10(2)17-19(31)28-16-11(3)25-20(29-18(16)30(17)4)26-12-8-13(9-12)32-15-7-5-6-14(27-15)21(22,23)24/h5-7,10,12-13,17H,8-9H2,1-4H3,(H,28,31)(H,25,26,29)/t12-,13-,17?. The minimum Gasteiger partial charge on any atom is -0.474 e. The quantitative estimate of drug-likeness (QED) is 0.719. The first-order chi connectivity index (χ1) is 15.0. The van der Waals surface area contributed by atoms with Crippen LogP contribution in [0, 0.1) is 12.8 Å². The first-order valence-corrected chi connectivity index (χ1v) is 10.4. The van der Waals surface area contributed by atoms with Gasteiger partial charge >= 0.3 is 6.18 Å². The van der Waals surface area contributed by atoms with E-state index in [1.165, 1.54) is 12.1 Å². The molecule has 172 valence electrons. The molecule has 2 aromatic rings. The number of pyridine rings is 1. The van der Waals surface area contributed by atoms with Crippen molar-refractivity contribution in [3.05, 3.63) is 29.6 Å². The van der Waals surface area contributed by atoms with Crippen LogP contribution in [0.25, 0.3) is 0 Å². The maximum atomic E-state index is 12.8. The van der Waals surface area contributed by atoms with E-state index in [1.54, 1.807) is 0 Å². The molecule has 0 aromatic carbocycles. The second-order valence-corrected chi connectivity index (χ2v) is 8.53. The van der Waals surface area contributed by atoms with Crippen LogP contribution in [0.4, 0.5) is 30.6 Å². The zero-order chi connectivity index (χ0) is 23.2. The lowest BCUT2D eigenvalue weighted by Gasteiger charge is -2.38. The van der Waals surface area contributed by atoms with Crippen molar-refractivity contribution >= 4 is 23.4 Å². The molecule has 3 heterocycles. The van der Waals surface area contributed by atoms with Gasteiger partial charge in [0, 0.05) is 32.0 Å². The maximum Gasteiger partial charge on any atom is 0.433 e. The van der Waals surface area contributed by atoms with E-state index in [-0.39, 0.29) is 35.9 Å². The summed E-state index contributed by atoms with van der Waals surface area (Å²) in [6.45, 7) is 5.76. The average Bonchev–Trinajstić information content (AvgIpc) is 2.66. The van der Waals surface area contributed by atoms with E-state index in [2.05, 4.69) is 25.6 Å². The van der Waals surface area contributed by atoms with E-state index < -0.39 is 11.9 Å². The number of halogens is 3. The predicted molar refractivity (Wildman–Crippen MR) is 113 cm³/mol. The summed E-state index contributed by atoms with van der Waals surface area (Å²) in [7, 11) is 1.84. The van der Waals surface area contributed by atoms with Gasteiger partial charge in [0.2, 0.25) is 17.7 Å². The molecule has 1 saturated carbocycles. The summed E-state index contributed by atoms with van der Waals surface area (Å²) in [5.74, 6) is 1.07. The highest BCUT2D eigenvalue weighted by Crippen LogP contribution is 2.35. The second-order valence-electron chi connectivity index (χ2n) is 8.53. The van der Waals surface area contributed by atoms with Crippen LogP contribution >= 0.6 is 0 Å². The van der Waals surface area contributed by atoms with Gasteiger partial charge in [-0.25, -0.2) is 9.97 Å². The van der Waals surface area contributed by atoms with Gasteiger partial charge in [0.1, 0.15) is 23.5 Å². The number of amides is 1. The number of alkyl halides is 3. The molecule has 4 rings (SSSR count). The van der Waals surface area contributed by atoms with Gasteiger partial charge in [-0.1, -0.05) is 19.9 Å². The van der Waals surface area contributed by atoms with E-state index in [1.807, 2.05) is 32.7 Å². The van der Waals surface area contributed by atoms with Gasteiger partial charge in [0.15, 0.2) is 5.82 Å². The Labute approximate surface area is 183 Å². The number of carbonyl (C=O) groups excluding carboxylic acids is 1. The monoisotopic (exact) mass is 450 g/mol. The molecule has 0 radical (unpaired) electrons. The van der Waals surface area contributed by atoms with Crippen molar-refractivity contribution in [3.8, 4) is 5.88 Å². The maximum absolute atomic E-state index is 12.8. The van der Waals surface area contributed by atoms with Crippen molar-refractivity contribution in [2.45, 2.75) is 58.0 Å². The van der Waals surface area contributed by atoms with Gasteiger partial charge in [0.25, 0.3) is 0 Å². The number of rotatable bonds is 5. The summed E-state index contributed by atoms with van der Waals surface area (Å²) in [4.78, 5) is 26.9. The zero-order valence-corrected chi connectivity index (χ0v) is 18.2. The van der Waals surface area contributed by atoms with Crippen LogP contribution in [0.2, 0.25) is 0 Å². The van der Waals surface area contributed by atoms with Crippen molar-refractivity contribution in [3.63, 3.8) is 0 Å². The fraction of sp³-hybridized carbons (Fsp3) is 0.524. The summed E-state index contributed by atoms with van der Waals surface area (Å²) in [6, 6.07) is 3.31. The summed E-state index contributed by atoms with van der Waals surface area (Å²) >= 11 is 0. The highest BCUT2D eigenvalue weighted by molar-refractivity contribution is 6.03. The molecule has 2 aromatic heterocycles. The lowest BCUT2D eigenvalue weighted by atomic mass is 9.89. The molecular formula is C21H25F3N6O2. The highest BCUT2D eigenvalue weighted by Gasteiger charge is 2.37. The Bertz CT molecular complexity index is 1020. The molecular weight excluding hydrogens is 425 g/mol. The fourth-order valence-corrected chi connectivity index (χ4v) is 4.05. The van der Waals surface area contributed by atoms with Gasteiger partial charge < -0.3 is 20.3 Å². The Morgan fingerprint density at radius 1 is 1.22 bits per heavy atom. The van der Waals surface area contributed by atoms with Crippen LogP contribution in [0.15, 0.2) is 18.2 Å². The number of carbonyl (C=O) groups is 1. The van der Waals surface area contributed by atoms with Gasteiger partial charge in [0.05, 0.1) is 5.69 Å². The number of likely N-dealkylation sites (N-methyl/N-ethyl adjacent to an activating group) is 1. The normalized spacial score (nSPS) is 22.8. The largest absolute Gasteiger partial charge is 0.474 e. The third-order valence-corrected chi connectivity index (χ3v) is 5.70. The molecule has 0 bridgehead atoms. The number of hydrogen-bond donors (Lipinski definition) is 2. The Kier molecular flexibility index (Phi) is 5.59. The molecule has 1 unspecified atom stereocenters. The number of fused-ring (bicyclic) bond motifs is 1. The van der Waals surface area contributed by atoms with Gasteiger partial charge in [-0.15, -0.1) is 0 Å². The molecule has 2 aliphatic rings. The topological polar surface area (TPSA) is 92.3 Å². The Morgan fingerprint density at radius 2 is 1.94 bits per heavy atom. The van der Waals surface area contributed by atoms with Gasteiger partial charge in [-0.3, -0.25) is 4.79 Å². The van der Waals surface area contributed by atoms with Crippen LogP contribution in [0.3, 0.4) is 0 Å². The zero-order valence-electron chi connectivity index (χ0n) is 18.2. The van der Waals surface area contributed by atoms with Crippen LogP contribution in [-0.4, -0.2) is 46.1 Å². The van der Waals surface area contributed by atoms with E-state index in [4.69, 9.17) is 4.74 Å². The molecule has 1 fully saturated rings. The van der Waals surface area contributed by atoms with Crippen LogP contribution in [0.1, 0.15) is 38.1 Å². The Balaban J connectivity index is 1.40. The molecule has 8 nitrogen and oxygen atoms in total. The number of aryl methyl sites for hydroxylation is 1. The second kappa shape index (κ2) is 8.10. The first kappa shape index (κ1) is 22.1. The SMILES string of the molecule is Cc1nc(N[C@H]2C[C@H](Oc3cccc(C(F)(F)F)n3)C2)nc2c1NC(=O)C(C(C)C)N2C.